The van der Waals surface area contributed by atoms with Crippen LogP contribution in [0.1, 0.15) is 12.8 Å². The maximum absolute atomic E-state index is 12.5. The summed E-state index contributed by atoms with van der Waals surface area (Å²) in [5.41, 5.74) is 1.83. The Morgan fingerprint density at radius 2 is 2.05 bits per heavy atom. The lowest BCUT2D eigenvalue weighted by atomic mass is 9.78. The van der Waals surface area contributed by atoms with Crippen LogP contribution in [-0.4, -0.2) is 35.4 Å². The van der Waals surface area contributed by atoms with Gasteiger partial charge in [0, 0.05) is 23.8 Å². The molecule has 4 nitrogen and oxygen atoms in total. The zero-order valence-electron chi connectivity index (χ0n) is 12.4. The van der Waals surface area contributed by atoms with Gasteiger partial charge in [-0.3, -0.25) is 9.78 Å². The molecule has 5 rings (SSSR count). The van der Waals surface area contributed by atoms with Crippen LogP contribution in [0.4, 0.5) is 5.69 Å². The first-order valence-electron chi connectivity index (χ1n) is 7.67. The first kappa shape index (κ1) is 15.3. The Labute approximate surface area is 136 Å². The van der Waals surface area contributed by atoms with E-state index in [4.69, 9.17) is 0 Å². The Kier molecular flexibility index (Phi) is 4.32. The summed E-state index contributed by atoms with van der Waals surface area (Å²) in [6.45, 7) is 3.25. The summed E-state index contributed by atoms with van der Waals surface area (Å²) in [6, 6.07) is 9.84. The van der Waals surface area contributed by atoms with Crippen molar-refractivity contribution in [2.75, 3.05) is 25.0 Å². The molecule has 2 aromatic rings. The molecular formula is C17H20ClN3O. The Balaban J connectivity index is 0.00000144. The van der Waals surface area contributed by atoms with E-state index in [9.17, 15) is 4.79 Å². The fourth-order valence-electron chi connectivity index (χ4n) is 3.65. The van der Waals surface area contributed by atoms with Crippen molar-refractivity contribution in [3.8, 4) is 0 Å². The van der Waals surface area contributed by atoms with Crippen LogP contribution in [-0.2, 0) is 4.79 Å². The molecule has 1 aromatic heterocycles. The van der Waals surface area contributed by atoms with E-state index >= 15 is 0 Å². The Morgan fingerprint density at radius 1 is 1.23 bits per heavy atom. The summed E-state index contributed by atoms with van der Waals surface area (Å²) in [5.74, 6) is 0.891. The lowest BCUT2D eigenvalue weighted by Crippen LogP contribution is -2.51. The van der Waals surface area contributed by atoms with Gasteiger partial charge >= 0.3 is 0 Å². The predicted octanol–water partition coefficient (Wildman–Crippen LogP) is 2.94. The van der Waals surface area contributed by atoms with Gasteiger partial charge in [0.05, 0.1) is 11.4 Å². The second-order valence-electron chi connectivity index (χ2n) is 6.14. The number of rotatable bonds is 2. The number of pyridine rings is 1. The second kappa shape index (κ2) is 6.23. The van der Waals surface area contributed by atoms with Gasteiger partial charge < -0.3 is 10.2 Å². The molecule has 5 heteroatoms. The minimum Gasteiger partial charge on any atom is -0.326 e. The molecular weight excluding hydrogens is 298 g/mol. The maximum Gasteiger partial charge on any atom is 0.229 e. The number of aromatic nitrogens is 1. The molecule has 3 aliphatic heterocycles. The first-order chi connectivity index (χ1) is 10.3. The van der Waals surface area contributed by atoms with Crippen LogP contribution in [0.15, 0.2) is 36.5 Å². The average Bonchev–Trinajstić information content (AvgIpc) is 2.56. The smallest absolute Gasteiger partial charge is 0.229 e. The number of carbonyl (C=O) groups excluding carboxylic acids is 1. The molecule has 1 atom stereocenters. The van der Waals surface area contributed by atoms with E-state index in [0.717, 1.165) is 36.2 Å². The highest BCUT2D eigenvalue weighted by Crippen LogP contribution is 2.33. The highest BCUT2D eigenvalue weighted by atomic mass is 35.5. The number of nitrogens with one attached hydrogen (secondary N) is 1. The molecule has 0 spiro atoms. The van der Waals surface area contributed by atoms with Crippen LogP contribution in [0.5, 0.6) is 0 Å². The van der Waals surface area contributed by atoms with Crippen molar-refractivity contribution >= 4 is 34.9 Å². The summed E-state index contributed by atoms with van der Waals surface area (Å²) in [6.07, 6.45) is 4.12. The van der Waals surface area contributed by atoms with E-state index in [1.807, 2.05) is 30.3 Å². The van der Waals surface area contributed by atoms with E-state index in [0.29, 0.717) is 5.92 Å². The summed E-state index contributed by atoms with van der Waals surface area (Å²) in [4.78, 5) is 19.3. The van der Waals surface area contributed by atoms with Gasteiger partial charge in [-0.1, -0.05) is 6.07 Å². The van der Waals surface area contributed by atoms with Crippen LogP contribution < -0.4 is 5.32 Å². The highest BCUT2D eigenvalue weighted by molar-refractivity contribution is 5.95. The molecule has 1 amide bonds. The maximum atomic E-state index is 12.5. The standard InChI is InChI=1S/C17H19N3O.ClH/c21-17(15-11-20-8-5-12(15)6-9-20)19-14-3-4-16-13(10-14)2-1-7-18-16;/h1-4,7,10,12,15H,5-6,8-9,11H2,(H,19,21);1H. The molecule has 0 saturated carbocycles. The number of nitrogens with zero attached hydrogens (tertiary/aromatic N) is 2. The molecule has 3 saturated heterocycles. The number of piperidine rings is 3. The molecule has 3 fully saturated rings. The molecule has 116 valence electrons. The van der Waals surface area contributed by atoms with Crippen LogP contribution in [0.25, 0.3) is 10.9 Å². The lowest BCUT2D eigenvalue weighted by molar-refractivity contribution is -0.125. The molecule has 1 unspecified atom stereocenters. The second-order valence-corrected chi connectivity index (χ2v) is 6.14. The third-order valence-corrected chi connectivity index (χ3v) is 4.86. The van der Waals surface area contributed by atoms with Gasteiger partial charge in [0.25, 0.3) is 0 Å². The number of amides is 1. The quantitative estimate of drug-likeness (QED) is 0.926. The molecule has 0 radical (unpaired) electrons. The highest BCUT2D eigenvalue weighted by Gasteiger charge is 2.38. The van der Waals surface area contributed by atoms with Crippen molar-refractivity contribution < 1.29 is 4.79 Å². The third kappa shape index (κ3) is 2.81. The van der Waals surface area contributed by atoms with Crippen LogP contribution in [0, 0.1) is 11.8 Å². The number of halogens is 1. The van der Waals surface area contributed by atoms with E-state index in [-0.39, 0.29) is 24.2 Å². The number of fused-ring (bicyclic) bond motifs is 4. The largest absolute Gasteiger partial charge is 0.326 e. The Hall–Kier alpha value is -1.65. The van der Waals surface area contributed by atoms with Crippen molar-refractivity contribution in [2.24, 2.45) is 11.8 Å². The van der Waals surface area contributed by atoms with Gasteiger partial charge in [-0.05, 0) is 56.1 Å². The van der Waals surface area contributed by atoms with E-state index in [1.54, 1.807) is 6.20 Å². The fraction of sp³-hybridized carbons (Fsp3) is 0.412. The first-order valence-corrected chi connectivity index (χ1v) is 7.67. The number of anilines is 1. The predicted molar refractivity (Wildman–Crippen MR) is 90.3 cm³/mol. The van der Waals surface area contributed by atoms with E-state index in [2.05, 4.69) is 15.2 Å². The monoisotopic (exact) mass is 317 g/mol. The van der Waals surface area contributed by atoms with Gasteiger partial charge in [-0.15, -0.1) is 12.4 Å². The van der Waals surface area contributed by atoms with E-state index in [1.165, 1.54) is 12.8 Å². The van der Waals surface area contributed by atoms with Crippen LogP contribution >= 0.6 is 12.4 Å². The van der Waals surface area contributed by atoms with Crippen LogP contribution in [0.2, 0.25) is 0 Å². The summed E-state index contributed by atoms with van der Waals surface area (Å²) >= 11 is 0. The number of benzene rings is 1. The van der Waals surface area contributed by atoms with Crippen molar-refractivity contribution in [1.82, 2.24) is 9.88 Å². The summed E-state index contributed by atoms with van der Waals surface area (Å²) in [7, 11) is 0. The normalized spacial score (nSPS) is 26.5. The van der Waals surface area contributed by atoms with Crippen molar-refractivity contribution in [3.63, 3.8) is 0 Å². The summed E-state index contributed by atoms with van der Waals surface area (Å²) in [5, 5.41) is 4.15. The number of hydrogen-bond acceptors (Lipinski definition) is 3. The van der Waals surface area contributed by atoms with E-state index < -0.39 is 0 Å². The fourth-order valence-corrected chi connectivity index (χ4v) is 3.65. The van der Waals surface area contributed by atoms with Crippen molar-refractivity contribution in [2.45, 2.75) is 12.8 Å². The molecule has 22 heavy (non-hydrogen) atoms. The number of hydrogen-bond donors (Lipinski definition) is 1. The van der Waals surface area contributed by atoms with Gasteiger partial charge in [-0.25, -0.2) is 0 Å². The minimum atomic E-state index is 0. The molecule has 0 aliphatic carbocycles. The SMILES string of the molecule is Cl.O=C(Nc1ccc2ncccc2c1)C1CN2CCC1CC2. The molecule has 3 aliphatic rings. The topological polar surface area (TPSA) is 45.2 Å². The zero-order valence-corrected chi connectivity index (χ0v) is 13.2. The minimum absolute atomic E-state index is 0. The van der Waals surface area contributed by atoms with Crippen molar-refractivity contribution in [3.05, 3.63) is 36.5 Å². The van der Waals surface area contributed by atoms with Gasteiger partial charge in [0.2, 0.25) is 5.91 Å². The lowest BCUT2D eigenvalue weighted by Gasteiger charge is -2.43. The molecule has 4 heterocycles. The third-order valence-electron chi connectivity index (χ3n) is 4.86. The summed E-state index contributed by atoms with van der Waals surface area (Å²) < 4.78 is 0. The van der Waals surface area contributed by atoms with Crippen molar-refractivity contribution in [1.29, 1.82) is 0 Å². The number of carbonyl (C=O) groups is 1. The Morgan fingerprint density at radius 3 is 2.77 bits per heavy atom. The van der Waals surface area contributed by atoms with Gasteiger partial charge in [0.15, 0.2) is 0 Å². The molecule has 2 bridgehead atoms. The van der Waals surface area contributed by atoms with Gasteiger partial charge in [-0.2, -0.15) is 0 Å². The average molecular weight is 318 g/mol. The molecule has 1 aromatic carbocycles. The van der Waals surface area contributed by atoms with Crippen LogP contribution in [0.3, 0.4) is 0 Å². The van der Waals surface area contributed by atoms with Gasteiger partial charge in [0.1, 0.15) is 0 Å². The Bertz CT molecular complexity index is 682. The molecule has 1 N–H and O–H groups in total. The zero-order chi connectivity index (χ0) is 14.2.